The van der Waals surface area contributed by atoms with Crippen LogP contribution < -0.4 is 0 Å². The van der Waals surface area contributed by atoms with Gasteiger partial charge in [0.05, 0.1) is 0 Å². The van der Waals surface area contributed by atoms with Crippen molar-refractivity contribution >= 4 is 0 Å². The zero-order chi connectivity index (χ0) is 8.51. The molecule has 0 aromatic carbocycles. The third kappa shape index (κ3) is 0.512. The Balaban J connectivity index is 1.86. The first kappa shape index (κ1) is 6.94. The second-order valence-electron chi connectivity index (χ2n) is 4.77. The SMILES string of the molecule is CCC=C(C)C1(C)C2C3=CC3C21. The third-order valence-electron chi connectivity index (χ3n) is 4.34. The molecular weight excluding hydrogens is 144 g/mol. The molecule has 4 atom stereocenters. The van der Waals surface area contributed by atoms with Gasteiger partial charge in [-0.05, 0) is 30.6 Å². The molecule has 3 aliphatic rings. The standard InChI is InChI=1S/C12H16/c1-4-5-7(2)12(3)10-8-6-9(8)11(10)12/h5-6,8,10-11H,4H2,1-3H3. The lowest BCUT2D eigenvalue weighted by Gasteiger charge is -2.10. The number of hydrogen-bond donors (Lipinski definition) is 0. The van der Waals surface area contributed by atoms with Crippen LogP contribution in [0.2, 0.25) is 0 Å². The lowest BCUT2D eigenvalue weighted by Crippen LogP contribution is -2.00. The van der Waals surface area contributed by atoms with Crippen molar-refractivity contribution in [1.29, 1.82) is 0 Å². The molecule has 0 heterocycles. The van der Waals surface area contributed by atoms with Gasteiger partial charge in [-0.1, -0.05) is 37.1 Å². The van der Waals surface area contributed by atoms with Gasteiger partial charge in [-0.25, -0.2) is 0 Å². The average molecular weight is 160 g/mol. The average Bonchev–Trinajstić information content (AvgIpc) is 2.74. The van der Waals surface area contributed by atoms with E-state index in [1.165, 1.54) is 6.42 Å². The molecule has 0 amide bonds. The van der Waals surface area contributed by atoms with Gasteiger partial charge in [0, 0.05) is 5.92 Å². The van der Waals surface area contributed by atoms with E-state index in [1.54, 1.807) is 11.1 Å². The minimum Gasteiger partial charge on any atom is -0.0853 e. The Kier molecular flexibility index (Phi) is 0.988. The van der Waals surface area contributed by atoms with E-state index in [4.69, 9.17) is 0 Å². The fourth-order valence-corrected chi connectivity index (χ4v) is 3.38. The van der Waals surface area contributed by atoms with Crippen LogP contribution >= 0.6 is 0 Å². The summed E-state index contributed by atoms with van der Waals surface area (Å²) < 4.78 is 0. The van der Waals surface area contributed by atoms with Crippen LogP contribution in [0.5, 0.6) is 0 Å². The molecule has 2 saturated carbocycles. The van der Waals surface area contributed by atoms with Crippen LogP contribution in [0.3, 0.4) is 0 Å². The predicted octanol–water partition coefficient (Wildman–Crippen LogP) is 3.16. The van der Waals surface area contributed by atoms with Crippen LogP contribution in [0.25, 0.3) is 0 Å². The van der Waals surface area contributed by atoms with E-state index in [0.29, 0.717) is 5.41 Å². The van der Waals surface area contributed by atoms with E-state index in [9.17, 15) is 0 Å². The van der Waals surface area contributed by atoms with Crippen LogP contribution in [-0.2, 0) is 0 Å². The Labute approximate surface area is 74.4 Å². The Morgan fingerprint density at radius 3 is 2.92 bits per heavy atom. The molecule has 0 aliphatic heterocycles. The molecule has 2 fully saturated rings. The van der Waals surface area contributed by atoms with Gasteiger partial charge >= 0.3 is 0 Å². The van der Waals surface area contributed by atoms with Gasteiger partial charge in [-0.2, -0.15) is 0 Å². The number of rotatable bonds is 2. The van der Waals surface area contributed by atoms with Crippen molar-refractivity contribution in [3.63, 3.8) is 0 Å². The van der Waals surface area contributed by atoms with Crippen molar-refractivity contribution in [3.05, 3.63) is 23.3 Å². The van der Waals surface area contributed by atoms with E-state index in [-0.39, 0.29) is 0 Å². The molecule has 64 valence electrons. The molecule has 0 nitrogen and oxygen atoms in total. The van der Waals surface area contributed by atoms with E-state index in [1.807, 2.05) is 0 Å². The monoisotopic (exact) mass is 160 g/mol. The summed E-state index contributed by atoms with van der Waals surface area (Å²) in [4.78, 5) is 0. The lowest BCUT2D eigenvalue weighted by atomic mass is 9.95. The first-order chi connectivity index (χ1) is 5.71. The van der Waals surface area contributed by atoms with Crippen molar-refractivity contribution in [2.75, 3.05) is 0 Å². The van der Waals surface area contributed by atoms with Crippen molar-refractivity contribution in [2.24, 2.45) is 23.2 Å². The highest BCUT2D eigenvalue weighted by molar-refractivity contribution is 5.58. The van der Waals surface area contributed by atoms with Crippen LogP contribution in [0.1, 0.15) is 27.2 Å². The summed E-state index contributed by atoms with van der Waals surface area (Å²) in [6, 6.07) is 0. The highest BCUT2D eigenvalue weighted by atomic mass is 14.8. The Morgan fingerprint density at radius 2 is 2.42 bits per heavy atom. The van der Waals surface area contributed by atoms with Gasteiger partial charge < -0.3 is 0 Å². The maximum atomic E-state index is 2.47. The Hall–Kier alpha value is -0.520. The molecule has 0 bridgehead atoms. The van der Waals surface area contributed by atoms with E-state index in [2.05, 4.69) is 32.9 Å². The highest BCUT2D eigenvalue weighted by Crippen LogP contribution is 2.84. The Morgan fingerprint density at radius 1 is 1.67 bits per heavy atom. The smallest absolute Gasteiger partial charge is 0.00260 e. The molecule has 12 heavy (non-hydrogen) atoms. The van der Waals surface area contributed by atoms with Gasteiger partial charge in [-0.3, -0.25) is 0 Å². The summed E-state index contributed by atoms with van der Waals surface area (Å²) in [5.41, 5.74) is 4.03. The van der Waals surface area contributed by atoms with Gasteiger partial charge in [0.15, 0.2) is 0 Å². The normalized spacial score (nSPS) is 53.4. The first-order valence-electron chi connectivity index (χ1n) is 5.10. The van der Waals surface area contributed by atoms with Crippen molar-refractivity contribution in [1.82, 2.24) is 0 Å². The lowest BCUT2D eigenvalue weighted by molar-refractivity contribution is 0.556. The molecule has 3 rings (SSSR count). The molecule has 0 N–H and O–H groups in total. The number of allylic oxidation sites excluding steroid dienone is 4. The largest absolute Gasteiger partial charge is 0.0853 e. The first-order valence-corrected chi connectivity index (χ1v) is 5.10. The molecular formula is C12H16. The predicted molar refractivity (Wildman–Crippen MR) is 50.7 cm³/mol. The maximum Gasteiger partial charge on any atom is 0.00260 e. The van der Waals surface area contributed by atoms with Gasteiger partial charge in [0.2, 0.25) is 0 Å². The zero-order valence-electron chi connectivity index (χ0n) is 8.09. The molecule has 3 aliphatic carbocycles. The van der Waals surface area contributed by atoms with Crippen LogP contribution in [-0.4, -0.2) is 0 Å². The fraction of sp³-hybridized carbons (Fsp3) is 0.667. The summed E-state index contributed by atoms with van der Waals surface area (Å²) in [6.45, 7) is 7.01. The van der Waals surface area contributed by atoms with E-state index in [0.717, 1.165) is 17.8 Å². The molecule has 0 heteroatoms. The van der Waals surface area contributed by atoms with Crippen molar-refractivity contribution in [3.8, 4) is 0 Å². The van der Waals surface area contributed by atoms with Crippen molar-refractivity contribution in [2.45, 2.75) is 27.2 Å². The topological polar surface area (TPSA) is 0 Å². The summed E-state index contributed by atoms with van der Waals surface area (Å²) >= 11 is 0. The van der Waals surface area contributed by atoms with Gasteiger partial charge in [0.1, 0.15) is 0 Å². The minimum atomic E-state index is 0.602. The number of hydrogen-bond acceptors (Lipinski definition) is 0. The second-order valence-corrected chi connectivity index (χ2v) is 4.77. The summed E-state index contributed by atoms with van der Waals surface area (Å²) in [5, 5.41) is 0. The van der Waals surface area contributed by atoms with E-state index < -0.39 is 0 Å². The molecule has 0 aromatic rings. The van der Waals surface area contributed by atoms with Crippen LogP contribution in [0.15, 0.2) is 23.3 Å². The van der Waals surface area contributed by atoms with Crippen LogP contribution in [0, 0.1) is 23.2 Å². The fourth-order valence-electron chi connectivity index (χ4n) is 3.38. The second kappa shape index (κ2) is 1.71. The molecule has 0 radical (unpaired) electrons. The summed E-state index contributed by atoms with van der Waals surface area (Å²) in [6.07, 6.45) is 6.08. The molecule has 0 saturated heterocycles. The molecule has 0 aromatic heterocycles. The summed E-state index contributed by atoms with van der Waals surface area (Å²) in [7, 11) is 0. The molecule has 4 unspecified atom stereocenters. The molecule has 0 spiro atoms. The van der Waals surface area contributed by atoms with Gasteiger partial charge in [0.25, 0.3) is 0 Å². The Bertz CT molecular complexity index is 308. The summed E-state index contributed by atoms with van der Waals surface area (Å²) in [5.74, 6) is 2.96. The van der Waals surface area contributed by atoms with Gasteiger partial charge in [-0.15, -0.1) is 0 Å². The third-order valence-corrected chi connectivity index (χ3v) is 4.34. The highest BCUT2D eigenvalue weighted by Gasteiger charge is 2.78. The minimum absolute atomic E-state index is 0.602. The van der Waals surface area contributed by atoms with E-state index >= 15 is 0 Å². The van der Waals surface area contributed by atoms with Crippen molar-refractivity contribution < 1.29 is 0 Å². The van der Waals surface area contributed by atoms with Crippen LogP contribution in [0.4, 0.5) is 0 Å². The quantitative estimate of drug-likeness (QED) is 0.544. The zero-order valence-corrected chi connectivity index (χ0v) is 8.09. The number of fused-ring (bicyclic) bond motifs is 4. The maximum absolute atomic E-state index is 2.47.